The first-order chi connectivity index (χ1) is 29.5. The number of hydrogen-bond acceptors (Lipinski definition) is 13. The zero-order valence-electron chi connectivity index (χ0n) is 41.7. The number of methoxy groups -OCH3 is 1. The van der Waals surface area contributed by atoms with E-state index in [1.807, 2.05) is 77.0 Å². The molecular weight excluding hydrogens is 810 g/mol. The van der Waals surface area contributed by atoms with Crippen LogP contribution >= 0.6 is 0 Å². The highest BCUT2D eigenvalue weighted by atomic mass is 19.1. The summed E-state index contributed by atoms with van der Waals surface area (Å²) in [5.41, 5.74) is 5.51. The number of amides is 1. The molecule has 1 aromatic heterocycles. The van der Waals surface area contributed by atoms with E-state index < -0.39 is 71.9 Å². The number of nitrogens with zero attached hydrogens (tertiary/aromatic N) is 4. The number of ether oxygens (including phenoxy) is 4. The maximum Gasteiger partial charge on any atom is 0.409 e. The van der Waals surface area contributed by atoms with Gasteiger partial charge in [0, 0.05) is 74.5 Å². The zero-order valence-corrected chi connectivity index (χ0v) is 41.7. The van der Waals surface area contributed by atoms with Gasteiger partial charge < -0.3 is 44.5 Å². The number of pyridine rings is 1. The largest absolute Gasteiger partial charge is 0.460 e. The van der Waals surface area contributed by atoms with Crippen molar-refractivity contribution in [2.45, 2.75) is 177 Å². The van der Waals surface area contributed by atoms with Gasteiger partial charge in [0.05, 0.1) is 25.0 Å². The molecule has 0 aliphatic carbocycles. The lowest BCUT2D eigenvalue weighted by Gasteiger charge is -2.38. The van der Waals surface area contributed by atoms with Crippen LogP contribution in [0.2, 0.25) is 0 Å². The molecule has 0 radical (unpaired) electrons. The van der Waals surface area contributed by atoms with Gasteiger partial charge in [-0.3, -0.25) is 14.6 Å². The standard InChI is InChI=1S/C43H72FN5O9.C3H8.C2H6/c1-13-35-23-34(49(42(54)55-12)20-15-14-19-48(11)26-36(45)33-17-16-29(4)46-25-33)24-37(51)27(2)22-28(3)38(31(6)39(52)43(8,44)41(53)57-35)58-40(32(7)50)56-30(5)18-21-47(9)10;1-3-2;1-2/h16-17,25-28,30-32,34-35,38,40,50H,13-15,18-24,45H2,1-12H3;3H2,1-2H3;1-2H3/b36-26-;;/t27-,28+,30-,31-,32-,34+,35-,38+,40+,43+;;/m1../s1. The van der Waals surface area contributed by atoms with Crippen molar-refractivity contribution in [2.75, 3.05) is 47.9 Å². The third-order valence-corrected chi connectivity index (χ3v) is 10.9. The summed E-state index contributed by atoms with van der Waals surface area (Å²) in [7, 11) is 7.03. The van der Waals surface area contributed by atoms with Gasteiger partial charge in [-0.2, -0.15) is 0 Å². The van der Waals surface area contributed by atoms with E-state index in [-0.39, 0.29) is 44.1 Å². The Balaban J connectivity index is 0.00000735. The van der Waals surface area contributed by atoms with E-state index >= 15 is 4.39 Å². The number of carbonyl (C=O) groups excluding carboxylic acids is 4. The number of hydrogen-bond donors (Lipinski definition) is 2. The van der Waals surface area contributed by atoms with E-state index in [9.17, 15) is 24.3 Å². The second kappa shape index (κ2) is 30.5. The monoisotopic (exact) mass is 896 g/mol. The smallest absolute Gasteiger partial charge is 0.409 e. The van der Waals surface area contributed by atoms with Crippen molar-refractivity contribution >= 4 is 29.3 Å². The van der Waals surface area contributed by atoms with Crippen LogP contribution < -0.4 is 5.73 Å². The van der Waals surface area contributed by atoms with Crippen LogP contribution in [0.3, 0.4) is 0 Å². The molecule has 1 fully saturated rings. The molecule has 3 N–H and O–H groups in total. The molecule has 15 heteroatoms. The molecule has 1 saturated heterocycles. The Morgan fingerprint density at radius 1 is 1.05 bits per heavy atom. The third kappa shape index (κ3) is 20.8. The summed E-state index contributed by atoms with van der Waals surface area (Å²) in [6.45, 7) is 22.7. The number of alkyl halides is 1. The van der Waals surface area contributed by atoms with Crippen LogP contribution in [0.5, 0.6) is 0 Å². The summed E-state index contributed by atoms with van der Waals surface area (Å²) < 4.78 is 39.8. The Hall–Kier alpha value is -3.66. The molecule has 1 aliphatic heterocycles. The molecule has 10 atom stereocenters. The van der Waals surface area contributed by atoms with Crippen molar-refractivity contribution < 1.29 is 47.6 Å². The first kappa shape index (κ1) is 59.3. The predicted molar refractivity (Wildman–Crippen MR) is 248 cm³/mol. The minimum Gasteiger partial charge on any atom is -0.460 e. The molecule has 364 valence electrons. The molecular formula is C48H86FN5O9. The highest BCUT2D eigenvalue weighted by molar-refractivity contribution is 6.07. The Bertz CT molecular complexity index is 1510. The van der Waals surface area contributed by atoms with Crippen LogP contribution in [0, 0.1) is 24.7 Å². The fourth-order valence-electron chi connectivity index (χ4n) is 7.21. The summed E-state index contributed by atoms with van der Waals surface area (Å²) in [4.78, 5) is 64.6. The molecule has 0 spiro atoms. The van der Waals surface area contributed by atoms with Crippen LogP contribution in [0.1, 0.15) is 139 Å². The van der Waals surface area contributed by atoms with Crippen LogP contribution in [-0.4, -0.2) is 139 Å². The first-order valence-electron chi connectivity index (χ1n) is 23.1. The lowest BCUT2D eigenvalue weighted by molar-refractivity contribution is -0.245. The number of ketones is 2. The number of halogens is 1. The Kier molecular flexibility index (Phi) is 28.7. The number of aryl methyl sites for hydroxylation is 1. The van der Waals surface area contributed by atoms with Gasteiger partial charge in [-0.15, -0.1) is 0 Å². The summed E-state index contributed by atoms with van der Waals surface area (Å²) in [5, 5.41) is 10.7. The SMILES string of the molecule is CC.CCC.CC[C@@H]1C[C@H](N(CCCCN(C)/C=C(\N)c2ccc(C)nc2)C(=O)OC)CC(=O)[C@H](C)C[C@H](C)[C@H](O[C@H](O[C@H](C)CCN(C)C)[C@@H](C)O)[C@@H](C)C(=O)[C@](C)(F)C(=O)O1. The van der Waals surface area contributed by atoms with Gasteiger partial charge in [-0.25, -0.2) is 14.0 Å². The van der Waals surface area contributed by atoms with E-state index in [1.54, 1.807) is 27.0 Å². The second-order valence-electron chi connectivity index (χ2n) is 17.3. The number of nitrogens with two attached hydrogens (primary N) is 1. The Morgan fingerprint density at radius 2 is 1.65 bits per heavy atom. The number of Topliss-reactive ketones (excluding diaryl/α,β-unsaturated/α-hetero) is 2. The van der Waals surface area contributed by atoms with Crippen molar-refractivity contribution in [1.82, 2.24) is 19.7 Å². The van der Waals surface area contributed by atoms with Crippen LogP contribution in [-0.2, 0) is 33.3 Å². The van der Waals surface area contributed by atoms with Gasteiger partial charge in [0.15, 0.2) is 12.1 Å². The van der Waals surface area contributed by atoms with Gasteiger partial charge in [0.2, 0.25) is 0 Å². The topological polar surface area (TPSA) is 174 Å². The molecule has 63 heavy (non-hydrogen) atoms. The molecule has 0 unspecified atom stereocenters. The molecule has 1 amide bonds. The molecule has 2 rings (SSSR count). The van der Waals surface area contributed by atoms with Gasteiger partial charge in [0.1, 0.15) is 18.0 Å². The zero-order chi connectivity index (χ0) is 48.6. The first-order valence-corrected chi connectivity index (χ1v) is 23.1. The maximum atomic E-state index is 16.5. The number of rotatable bonds is 17. The van der Waals surface area contributed by atoms with Crippen molar-refractivity contribution in [3.05, 3.63) is 35.8 Å². The highest BCUT2D eigenvalue weighted by Gasteiger charge is 2.50. The summed E-state index contributed by atoms with van der Waals surface area (Å²) >= 11 is 0. The van der Waals surface area contributed by atoms with Crippen molar-refractivity contribution in [2.24, 2.45) is 23.5 Å². The summed E-state index contributed by atoms with van der Waals surface area (Å²) in [5.74, 6) is -4.83. The average molecular weight is 896 g/mol. The van der Waals surface area contributed by atoms with E-state index in [4.69, 9.17) is 24.7 Å². The minimum atomic E-state index is -3.04. The summed E-state index contributed by atoms with van der Waals surface area (Å²) in [6.07, 6.45) is 1.81. The molecule has 1 aromatic rings. The molecule has 14 nitrogen and oxygen atoms in total. The van der Waals surface area contributed by atoms with Crippen molar-refractivity contribution in [3.63, 3.8) is 0 Å². The molecule has 1 aliphatic rings. The Labute approximate surface area is 379 Å². The number of carbonyl (C=O) groups is 4. The molecule has 0 aromatic carbocycles. The average Bonchev–Trinajstić information content (AvgIpc) is 3.23. The number of unbranched alkanes of at least 4 members (excludes halogenated alkanes) is 1. The minimum absolute atomic E-state index is 0.0279. The van der Waals surface area contributed by atoms with Crippen LogP contribution in [0.25, 0.3) is 5.70 Å². The normalized spacial score (nSPS) is 25.3. The van der Waals surface area contributed by atoms with Gasteiger partial charge in [0.25, 0.3) is 5.67 Å². The van der Waals surface area contributed by atoms with E-state index in [2.05, 4.69) is 18.8 Å². The predicted octanol–water partition coefficient (Wildman–Crippen LogP) is 7.97. The Morgan fingerprint density at radius 3 is 2.17 bits per heavy atom. The number of aliphatic hydroxyl groups excluding tert-OH is 1. The second-order valence-corrected chi connectivity index (χ2v) is 17.3. The number of esters is 1. The van der Waals surface area contributed by atoms with E-state index in [0.717, 1.165) is 24.7 Å². The fraction of sp³-hybridized carbons (Fsp3) is 0.771. The number of aromatic nitrogens is 1. The van der Waals surface area contributed by atoms with E-state index in [0.29, 0.717) is 31.5 Å². The lowest BCUT2D eigenvalue weighted by Crippen LogP contribution is -2.51. The molecule has 0 saturated carbocycles. The maximum absolute atomic E-state index is 16.5. The fourth-order valence-corrected chi connectivity index (χ4v) is 7.21. The third-order valence-electron chi connectivity index (χ3n) is 10.9. The van der Waals surface area contributed by atoms with Gasteiger partial charge in [-0.1, -0.05) is 61.8 Å². The van der Waals surface area contributed by atoms with Crippen LogP contribution in [0.4, 0.5) is 9.18 Å². The quantitative estimate of drug-likeness (QED) is 0.0668. The summed E-state index contributed by atoms with van der Waals surface area (Å²) in [6, 6.07) is 3.04. The molecule has 2 heterocycles. The highest BCUT2D eigenvalue weighted by Crippen LogP contribution is 2.33. The molecule has 0 bridgehead atoms. The van der Waals surface area contributed by atoms with E-state index in [1.165, 1.54) is 32.3 Å². The van der Waals surface area contributed by atoms with Crippen LogP contribution in [0.15, 0.2) is 24.5 Å². The van der Waals surface area contributed by atoms with Gasteiger partial charge >= 0.3 is 12.1 Å². The van der Waals surface area contributed by atoms with Crippen molar-refractivity contribution in [1.29, 1.82) is 0 Å². The number of cyclic esters (lactones) is 1. The van der Waals surface area contributed by atoms with Gasteiger partial charge in [-0.05, 0) is 98.5 Å². The van der Waals surface area contributed by atoms with Crippen molar-refractivity contribution in [3.8, 4) is 0 Å². The number of aliphatic hydroxyl groups is 1. The lowest BCUT2D eigenvalue weighted by atomic mass is 9.79.